The molecule has 2 nitrogen and oxygen atoms in total. The van der Waals surface area contributed by atoms with Gasteiger partial charge < -0.3 is 5.32 Å². The zero-order chi connectivity index (χ0) is 8.39. The van der Waals surface area contributed by atoms with Gasteiger partial charge in [-0.1, -0.05) is 18.7 Å². The quantitative estimate of drug-likeness (QED) is 0.750. The van der Waals surface area contributed by atoms with Gasteiger partial charge in [0.05, 0.1) is 12.2 Å². The molecule has 1 aliphatic rings. The molecular formula is C8H10N2S2. The zero-order valence-electron chi connectivity index (χ0n) is 6.78. The molecule has 2 heterocycles. The van der Waals surface area contributed by atoms with E-state index in [0.29, 0.717) is 5.25 Å². The molecule has 0 saturated heterocycles. The SMILES string of the molecule is CC1CN=C(Nc2ccsc2)S1. The molecule has 0 fully saturated rings. The van der Waals surface area contributed by atoms with Crippen molar-refractivity contribution in [1.82, 2.24) is 0 Å². The van der Waals surface area contributed by atoms with Crippen LogP contribution in [0.25, 0.3) is 0 Å². The highest BCUT2D eigenvalue weighted by atomic mass is 32.2. The predicted octanol–water partition coefficient (Wildman–Crippen LogP) is 2.65. The van der Waals surface area contributed by atoms with Gasteiger partial charge in [-0.2, -0.15) is 11.3 Å². The Hall–Kier alpha value is -0.480. The third kappa shape index (κ3) is 1.81. The third-order valence-corrected chi connectivity index (χ3v) is 3.27. The lowest BCUT2D eigenvalue weighted by atomic mass is 10.5. The first-order valence-electron chi connectivity index (χ1n) is 3.85. The Labute approximate surface area is 80.1 Å². The summed E-state index contributed by atoms with van der Waals surface area (Å²) in [4.78, 5) is 4.36. The van der Waals surface area contributed by atoms with E-state index in [1.807, 2.05) is 11.8 Å². The van der Waals surface area contributed by atoms with E-state index < -0.39 is 0 Å². The number of nitrogens with one attached hydrogen (secondary N) is 1. The van der Waals surface area contributed by atoms with E-state index in [0.717, 1.165) is 17.4 Å². The van der Waals surface area contributed by atoms with Crippen molar-refractivity contribution in [3.05, 3.63) is 16.8 Å². The molecule has 4 heteroatoms. The molecule has 1 aromatic heterocycles. The molecule has 0 spiro atoms. The van der Waals surface area contributed by atoms with Gasteiger partial charge in [-0.3, -0.25) is 4.99 Å². The minimum atomic E-state index is 0.631. The first kappa shape index (κ1) is 8.13. The van der Waals surface area contributed by atoms with Crippen LogP contribution in [0.2, 0.25) is 0 Å². The maximum Gasteiger partial charge on any atom is 0.161 e. The van der Waals surface area contributed by atoms with Crippen LogP contribution in [-0.4, -0.2) is 17.0 Å². The van der Waals surface area contributed by atoms with Crippen LogP contribution in [0.15, 0.2) is 21.8 Å². The van der Waals surface area contributed by atoms with Crippen molar-refractivity contribution in [2.45, 2.75) is 12.2 Å². The minimum absolute atomic E-state index is 0.631. The van der Waals surface area contributed by atoms with Crippen molar-refractivity contribution in [2.24, 2.45) is 4.99 Å². The third-order valence-electron chi connectivity index (χ3n) is 1.58. The lowest BCUT2D eigenvalue weighted by Crippen LogP contribution is -2.04. The van der Waals surface area contributed by atoms with E-state index in [1.54, 1.807) is 11.3 Å². The highest BCUT2D eigenvalue weighted by molar-refractivity contribution is 8.15. The number of nitrogens with zero attached hydrogens (tertiary/aromatic N) is 1. The highest BCUT2D eigenvalue weighted by Crippen LogP contribution is 2.22. The molecule has 0 saturated carbocycles. The number of amidine groups is 1. The molecule has 2 rings (SSSR count). The van der Waals surface area contributed by atoms with Crippen LogP contribution in [0.3, 0.4) is 0 Å². The van der Waals surface area contributed by atoms with Crippen LogP contribution in [0.5, 0.6) is 0 Å². The van der Waals surface area contributed by atoms with Crippen LogP contribution in [-0.2, 0) is 0 Å². The fourth-order valence-electron chi connectivity index (χ4n) is 1.00. The monoisotopic (exact) mass is 198 g/mol. The molecular weight excluding hydrogens is 188 g/mol. The van der Waals surface area contributed by atoms with E-state index in [9.17, 15) is 0 Å². The molecule has 0 radical (unpaired) electrons. The molecule has 0 aromatic carbocycles. The zero-order valence-corrected chi connectivity index (χ0v) is 8.41. The second-order valence-corrected chi connectivity index (χ2v) is 4.92. The highest BCUT2D eigenvalue weighted by Gasteiger charge is 2.14. The van der Waals surface area contributed by atoms with Crippen molar-refractivity contribution >= 4 is 34.0 Å². The Kier molecular flexibility index (Phi) is 2.37. The molecule has 0 bridgehead atoms. The average molecular weight is 198 g/mol. The van der Waals surface area contributed by atoms with Gasteiger partial charge in [0.15, 0.2) is 5.17 Å². The molecule has 64 valence electrons. The summed E-state index contributed by atoms with van der Waals surface area (Å²) in [5.74, 6) is 0. The van der Waals surface area contributed by atoms with Crippen molar-refractivity contribution < 1.29 is 0 Å². The summed E-state index contributed by atoms with van der Waals surface area (Å²) < 4.78 is 0. The van der Waals surface area contributed by atoms with E-state index in [-0.39, 0.29) is 0 Å². The fourth-order valence-corrected chi connectivity index (χ4v) is 2.45. The second-order valence-electron chi connectivity index (χ2n) is 2.71. The smallest absolute Gasteiger partial charge is 0.161 e. The number of hydrogen-bond acceptors (Lipinski definition) is 4. The number of aliphatic imine (C=N–C) groups is 1. The number of rotatable bonds is 1. The summed E-state index contributed by atoms with van der Waals surface area (Å²) in [6, 6.07) is 2.07. The van der Waals surface area contributed by atoms with E-state index in [4.69, 9.17) is 0 Å². The number of thiophene rings is 1. The molecule has 1 aliphatic heterocycles. The Morgan fingerprint density at radius 2 is 2.58 bits per heavy atom. The lowest BCUT2D eigenvalue weighted by molar-refractivity contribution is 0.976. The van der Waals surface area contributed by atoms with Crippen LogP contribution >= 0.6 is 23.1 Å². The molecule has 0 amide bonds. The molecule has 1 atom stereocenters. The summed E-state index contributed by atoms with van der Waals surface area (Å²) in [7, 11) is 0. The van der Waals surface area contributed by atoms with Crippen LogP contribution < -0.4 is 5.32 Å². The van der Waals surface area contributed by atoms with E-state index in [1.165, 1.54) is 0 Å². The van der Waals surface area contributed by atoms with Crippen molar-refractivity contribution in [3.8, 4) is 0 Å². The number of anilines is 1. The van der Waals surface area contributed by atoms with Crippen LogP contribution in [0.4, 0.5) is 5.69 Å². The van der Waals surface area contributed by atoms with Crippen molar-refractivity contribution in [3.63, 3.8) is 0 Å². The van der Waals surface area contributed by atoms with Crippen LogP contribution in [0, 0.1) is 0 Å². The van der Waals surface area contributed by atoms with Gasteiger partial charge in [-0.15, -0.1) is 0 Å². The molecule has 12 heavy (non-hydrogen) atoms. The summed E-state index contributed by atoms with van der Waals surface area (Å²) in [5.41, 5.74) is 1.15. The summed E-state index contributed by atoms with van der Waals surface area (Å²) >= 11 is 3.50. The first-order valence-corrected chi connectivity index (χ1v) is 5.67. The Morgan fingerprint density at radius 3 is 3.17 bits per heavy atom. The van der Waals surface area contributed by atoms with Gasteiger partial charge in [0.1, 0.15) is 0 Å². The largest absolute Gasteiger partial charge is 0.334 e. The summed E-state index contributed by atoms with van der Waals surface area (Å²) in [6.45, 7) is 3.13. The van der Waals surface area contributed by atoms with Gasteiger partial charge in [-0.05, 0) is 11.4 Å². The van der Waals surface area contributed by atoms with Gasteiger partial charge >= 0.3 is 0 Å². The Balaban J connectivity index is 1.97. The first-order chi connectivity index (χ1) is 5.84. The summed E-state index contributed by atoms with van der Waals surface area (Å²) in [6.07, 6.45) is 0. The maximum absolute atomic E-state index is 4.36. The van der Waals surface area contributed by atoms with Gasteiger partial charge in [0.25, 0.3) is 0 Å². The molecule has 0 aliphatic carbocycles. The number of thioether (sulfide) groups is 1. The number of hydrogen-bond donors (Lipinski definition) is 1. The molecule has 1 aromatic rings. The standard InChI is InChI=1S/C8H10N2S2/c1-6-4-9-8(12-6)10-7-2-3-11-5-7/h2-3,5-6H,4H2,1H3,(H,9,10). The fraction of sp³-hybridized carbons (Fsp3) is 0.375. The minimum Gasteiger partial charge on any atom is -0.334 e. The lowest BCUT2D eigenvalue weighted by Gasteiger charge is -2.01. The van der Waals surface area contributed by atoms with Crippen molar-refractivity contribution in [1.29, 1.82) is 0 Å². The van der Waals surface area contributed by atoms with Crippen LogP contribution in [0.1, 0.15) is 6.92 Å². The summed E-state index contributed by atoms with van der Waals surface area (Å²) in [5, 5.41) is 9.11. The van der Waals surface area contributed by atoms with Gasteiger partial charge in [0, 0.05) is 10.6 Å². The normalized spacial score (nSPS) is 22.4. The Bertz CT molecular complexity index is 279. The van der Waals surface area contributed by atoms with E-state index >= 15 is 0 Å². The van der Waals surface area contributed by atoms with Crippen molar-refractivity contribution in [2.75, 3.05) is 11.9 Å². The average Bonchev–Trinajstić information content (AvgIpc) is 2.63. The topological polar surface area (TPSA) is 24.4 Å². The molecule has 1 unspecified atom stereocenters. The van der Waals surface area contributed by atoms with E-state index in [2.05, 4.69) is 34.1 Å². The molecule has 1 N–H and O–H groups in total. The van der Waals surface area contributed by atoms with Gasteiger partial charge in [0.2, 0.25) is 0 Å². The predicted molar refractivity (Wildman–Crippen MR) is 57.3 cm³/mol. The second kappa shape index (κ2) is 3.49. The Morgan fingerprint density at radius 1 is 1.67 bits per heavy atom. The van der Waals surface area contributed by atoms with Gasteiger partial charge in [-0.25, -0.2) is 0 Å². The maximum atomic E-state index is 4.36.